The summed E-state index contributed by atoms with van der Waals surface area (Å²) in [7, 11) is 0. The standard InChI is InChI=1S/C18H15N3O2S/c1-11-13-4-2-3-5-14(13)23-16(11)17(22)20-15-10-24-18(21-15)12-6-8-19-9-7-12/h2-11,16H,1H3,(H,20,22)/t11-,16+/m0/s1. The molecule has 0 bridgehead atoms. The van der Waals surface area contributed by atoms with E-state index >= 15 is 0 Å². The first kappa shape index (κ1) is 14.8. The van der Waals surface area contributed by atoms with Gasteiger partial charge in [-0.15, -0.1) is 11.3 Å². The van der Waals surface area contributed by atoms with Gasteiger partial charge in [-0.2, -0.15) is 0 Å². The Hall–Kier alpha value is -2.73. The normalized spacial score (nSPS) is 18.7. The van der Waals surface area contributed by atoms with E-state index in [0.29, 0.717) is 5.82 Å². The van der Waals surface area contributed by atoms with E-state index in [1.165, 1.54) is 11.3 Å². The van der Waals surface area contributed by atoms with Gasteiger partial charge in [0.25, 0.3) is 5.91 Å². The van der Waals surface area contributed by atoms with Gasteiger partial charge in [0.2, 0.25) is 0 Å². The molecule has 120 valence electrons. The van der Waals surface area contributed by atoms with E-state index in [2.05, 4.69) is 15.3 Å². The maximum absolute atomic E-state index is 12.6. The smallest absolute Gasteiger partial charge is 0.267 e. The summed E-state index contributed by atoms with van der Waals surface area (Å²) in [6.07, 6.45) is 2.91. The third kappa shape index (κ3) is 2.65. The summed E-state index contributed by atoms with van der Waals surface area (Å²) in [5, 5.41) is 5.54. The van der Waals surface area contributed by atoms with Gasteiger partial charge in [0, 0.05) is 34.8 Å². The average molecular weight is 337 g/mol. The average Bonchev–Trinajstić information content (AvgIpc) is 3.21. The second kappa shape index (κ2) is 6.05. The number of aromatic nitrogens is 2. The first-order chi connectivity index (χ1) is 11.7. The minimum Gasteiger partial charge on any atom is -0.480 e. The van der Waals surface area contributed by atoms with Crippen molar-refractivity contribution in [3.8, 4) is 16.3 Å². The first-order valence-corrected chi connectivity index (χ1v) is 8.53. The number of anilines is 1. The molecule has 1 N–H and O–H groups in total. The molecule has 0 saturated heterocycles. The number of carbonyl (C=O) groups excluding carboxylic acids is 1. The lowest BCUT2D eigenvalue weighted by molar-refractivity contribution is -0.122. The van der Waals surface area contributed by atoms with Gasteiger partial charge in [-0.25, -0.2) is 4.98 Å². The Bertz CT molecular complexity index is 879. The van der Waals surface area contributed by atoms with Crippen molar-refractivity contribution in [1.29, 1.82) is 0 Å². The summed E-state index contributed by atoms with van der Waals surface area (Å²) >= 11 is 1.48. The van der Waals surface area contributed by atoms with E-state index in [-0.39, 0.29) is 11.8 Å². The van der Waals surface area contributed by atoms with Gasteiger partial charge in [-0.1, -0.05) is 25.1 Å². The highest BCUT2D eigenvalue weighted by atomic mass is 32.1. The van der Waals surface area contributed by atoms with E-state index in [1.807, 2.05) is 48.7 Å². The predicted octanol–water partition coefficient (Wildman–Crippen LogP) is 3.71. The Morgan fingerprint density at radius 3 is 2.79 bits per heavy atom. The molecule has 2 atom stereocenters. The highest BCUT2D eigenvalue weighted by Crippen LogP contribution is 2.38. The Balaban J connectivity index is 1.49. The van der Waals surface area contributed by atoms with Crippen molar-refractivity contribution in [2.45, 2.75) is 18.9 Å². The largest absolute Gasteiger partial charge is 0.480 e. The van der Waals surface area contributed by atoms with Crippen LogP contribution in [0.1, 0.15) is 18.4 Å². The van der Waals surface area contributed by atoms with Gasteiger partial charge in [-0.05, 0) is 18.2 Å². The number of carbonyl (C=O) groups is 1. The summed E-state index contributed by atoms with van der Waals surface area (Å²) in [6.45, 7) is 2.00. The molecule has 3 heterocycles. The van der Waals surface area contributed by atoms with Gasteiger partial charge in [-0.3, -0.25) is 9.78 Å². The van der Waals surface area contributed by atoms with E-state index in [1.54, 1.807) is 12.4 Å². The van der Waals surface area contributed by atoms with E-state index < -0.39 is 6.10 Å². The summed E-state index contributed by atoms with van der Waals surface area (Å²) < 4.78 is 5.80. The van der Waals surface area contributed by atoms with Crippen molar-refractivity contribution in [2.24, 2.45) is 0 Å². The van der Waals surface area contributed by atoms with Gasteiger partial charge < -0.3 is 10.1 Å². The topological polar surface area (TPSA) is 64.1 Å². The molecule has 0 saturated carbocycles. The minimum atomic E-state index is -0.534. The molecule has 24 heavy (non-hydrogen) atoms. The number of pyridine rings is 1. The van der Waals surface area contributed by atoms with Crippen LogP contribution < -0.4 is 10.1 Å². The Morgan fingerprint density at radius 1 is 1.21 bits per heavy atom. The van der Waals surface area contributed by atoms with Crippen molar-refractivity contribution in [1.82, 2.24) is 9.97 Å². The molecule has 2 aromatic heterocycles. The number of amides is 1. The van der Waals surface area contributed by atoms with Crippen LogP contribution in [0.4, 0.5) is 5.82 Å². The molecule has 0 aliphatic carbocycles. The molecule has 3 aromatic rings. The number of ether oxygens (including phenoxy) is 1. The zero-order chi connectivity index (χ0) is 16.5. The third-order valence-corrected chi connectivity index (χ3v) is 4.95. The molecular weight excluding hydrogens is 322 g/mol. The minimum absolute atomic E-state index is 0.0134. The zero-order valence-electron chi connectivity index (χ0n) is 13.0. The Kier molecular flexibility index (Phi) is 3.74. The number of nitrogens with zero attached hydrogens (tertiary/aromatic N) is 2. The van der Waals surface area contributed by atoms with Crippen LogP contribution in [-0.2, 0) is 4.79 Å². The van der Waals surface area contributed by atoms with Gasteiger partial charge in [0.15, 0.2) is 6.10 Å². The third-order valence-electron chi connectivity index (χ3n) is 4.06. The molecular formula is C18H15N3O2S. The molecule has 0 radical (unpaired) electrons. The number of benzene rings is 1. The summed E-state index contributed by atoms with van der Waals surface area (Å²) in [6, 6.07) is 11.5. The SMILES string of the molecule is C[C@H]1c2ccccc2O[C@H]1C(=O)Nc1csc(-c2ccncc2)n1. The fourth-order valence-electron chi connectivity index (χ4n) is 2.80. The van der Waals surface area contributed by atoms with Crippen LogP contribution in [-0.4, -0.2) is 22.0 Å². The predicted molar refractivity (Wildman–Crippen MR) is 93.2 cm³/mol. The molecule has 5 nitrogen and oxygen atoms in total. The van der Waals surface area contributed by atoms with Crippen LogP contribution in [0.3, 0.4) is 0 Å². The number of nitrogens with one attached hydrogen (secondary N) is 1. The van der Waals surface area contributed by atoms with Crippen LogP contribution in [0.5, 0.6) is 5.75 Å². The van der Waals surface area contributed by atoms with E-state index in [9.17, 15) is 4.79 Å². The van der Waals surface area contributed by atoms with Crippen molar-refractivity contribution in [3.63, 3.8) is 0 Å². The van der Waals surface area contributed by atoms with E-state index in [4.69, 9.17) is 4.74 Å². The quantitative estimate of drug-likeness (QED) is 0.791. The fraction of sp³-hybridized carbons (Fsp3) is 0.167. The van der Waals surface area contributed by atoms with Crippen molar-refractivity contribution < 1.29 is 9.53 Å². The van der Waals surface area contributed by atoms with Crippen LogP contribution in [0, 0.1) is 0 Å². The number of hydrogen-bond donors (Lipinski definition) is 1. The van der Waals surface area contributed by atoms with E-state index in [0.717, 1.165) is 21.9 Å². The van der Waals surface area contributed by atoms with Crippen molar-refractivity contribution >= 4 is 23.1 Å². The molecule has 4 rings (SSSR count). The Labute approximate surface area is 143 Å². The number of thiazole rings is 1. The maximum Gasteiger partial charge on any atom is 0.267 e. The molecule has 1 aliphatic heterocycles. The second-order valence-electron chi connectivity index (χ2n) is 5.63. The lowest BCUT2D eigenvalue weighted by atomic mass is 9.97. The molecule has 1 amide bonds. The molecule has 0 fully saturated rings. The second-order valence-corrected chi connectivity index (χ2v) is 6.49. The maximum atomic E-state index is 12.6. The Morgan fingerprint density at radius 2 is 2.00 bits per heavy atom. The molecule has 0 spiro atoms. The summed E-state index contributed by atoms with van der Waals surface area (Å²) in [4.78, 5) is 21.0. The molecule has 0 unspecified atom stereocenters. The number of hydrogen-bond acceptors (Lipinski definition) is 5. The van der Waals surface area contributed by atoms with Crippen LogP contribution in [0.2, 0.25) is 0 Å². The summed E-state index contributed by atoms with van der Waals surface area (Å²) in [5.41, 5.74) is 2.04. The lowest BCUT2D eigenvalue weighted by Crippen LogP contribution is -2.33. The van der Waals surface area contributed by atoms with Crippen molar-refractivity contribution in [2.75, 3.05) is 5.32 Å². The number of fused-ring (bicyclic) bond motifs is 1. The molecule has 1 aromatic carbocycles. The highest BCUT2D eigenvalue weighted by molar-refractivity contribution is 7.13. The highest BCUT2D eigenvalue weighted by Gasteiger charge is 2.36. The van der Waals surface area contributed by atoms with Gasteiger partial charge in [0.1, 0.15) is 16.6 Å². The van der Waals surface area contributed by atoms with Crippen molar-refractivity contribution in [3.05, 3.63) is 59.7 Å². The molecule has 1 aliphatic rings. The molecule has 6 heteroatoms. The number of para-hydroxylation sites is 1. The number of rotatable bonds is 3. The van der Waals surface area contributed by atoms with Crippen LogP contribution in [0.15, 0.2) is 54.2 Å². The monoisotopic (exact) mass is 337 g/mol. The summed E-state index contributed by atoms with van der Waals surface area (Å²) in [5.74, 6) is 1.16. The van der Waals surface area contributed by atoms with Crippen LogP contribution >= 0.6 is 11.3 Å². The zero-order valence-corrected chi connectivity index (χ0v) is 13.8. The lowest BCUT2D eigenvalue weighted by Gasteiger charge is -2.14. The van der Waals surface area contributed by atoms with Gasteiger partial charge in [0.05, 0.1) is 0 Å². The fourth-order valence-corrected chi connectivity index (χ4v) is 3.56. The first-order valence-electron chi connectivity index (χ1n) is 7.65. The van der Waals surface area contributed by atoms with Crippen LogP contribution in [0.25, 0.3) is 10.6 Å². The van der Waals surface area contributed by atoms with Gasteiger partial charge >= 0.3 is 0 Å².